The van der Waals surface area contributed by atoms with Gasteiger partial charge in [-0.15, -0.1) is 0 Å². The van der Waals surface area contributed by atoms with Crippen molar-refractivity contribution in [2.45, 2.75) is 32.1 Å². The first-order valence-corrected chi connectivity index (χ1v) is 5.24. The lowest BCUT2D eigenvalue weighted by Gasteiger charge is -2.15. The molecule has 0 aromatic heterocycles. The van der Waals surface area contributed by atoms with Crippen LogP contribution in [-0.4, -0.2) is 16.2 Å². The van der Waals surface area contributed by atoms with Crippen molar-refractivity contribution < 1.29 is 19.4 Å². The fraction of sp³-hybridized carbons (Fsp3) is 0.417. The summed E-state index contributed by atoms with van der Waals surface area (Å²) in [4.78, 5) is 10.5. The Morgan fingerprint density at radius 1 is 1.50 bits per heavy atom. The number of aromatic hydroxyl groups is 1. The third-order valence-corrected chi connectivity index (χ3v) is 2.63. The van der Waals surface area contributed by atoms with Crippen LogP contribution < -0.4 is 0 Å². The van der Waals surface area contributed by atoms with Crippen LogP contribution in [0.1, 0.15) is 37.7 Å². The summed E-state index contributed by atoms with van der Waals surface area (Å²) in [6.07, 6.45) is 1.10. The number of phenolic OH excluding ortho intramolecular Hbond substituents is 1. The predicted octanol–water partition coefficient (Wildman–Crippen LogP) is 2.89. The van der Waals surface area contributed by atoms with Crippen LogP contribution in [0.15, 0.2) is 18.2 Å². The van der Waals surface area contributed by atoms with Crippen LogP contribution in [0, 0.1) is 5.82 Å². The van der Waals surface area contributed by atoms with E-state index in [0.717, 1.165) is 0 Å². The van der Waals surface area contributed by atoms with Gasteiger partial charge >= 0.3 is 5.97 Å². The maximum Gasteiger partial charge on any atom is 0.303 e. The highest BCUT2D eigenvalue weighted by Gasteiger charge is 2.15. The first-order valence-electron chi connectivity index (χ1n) is 5.24. The molecule has 4 heteroatoms. The van der Waals surface area contributed by atoms with Gasteiger partial charge in [-0.3, -0.25) is 4.79 Å². The minimum absolute atomic E-state index is 0.0223. The number of carbonyl (C=O) groups is 1. The molecule has 0 aliphatic heterocycles. The Morgan fingerprint density at radius 3 is 2.75 bits per heavy atom. The first kappa shape index (κ1) is 12.5. The molecule has 0 fully saturated rings. The Morgan fingerprint density at radius 2 is 2.19 bits per heavy atom. The van der Waals surface area contributed by atoms with E-state index in [1.165, 1.54) is 18.2 Å². The average Bonchev–Trinajstić information content (AvgIpc) is 2.23. The van der Waals surface area contributed by atoms with E-state index in [9.17, 15) is 14.3 Å². The lowest BCUT2D eigenvalue weighted by Crippen LogP contribution is -2.03. The Labute approximate surface area is 93.5 Å². The van der Waals surface area contributed by atoms with Gasteiger partial charge in [-0.1, -0.05) is 6.92 Å². The minimum Gasteiger partial charge on any atom is -0.508 e. The molecule has 1 rings (SSSR count). The van der Waals surface area contributed by atoms with Gasteiger partial charge in [-0.25, -0.2) is 4.39 Å². The molecular weight excluding hydrogens is 211 g/mol. The molecule has 16 heavy (non-hydrogen) atoms. The molecule has 1 atom stereocenters. The van der Waals surface area contributed by atoms with Crippen molar-refractivity contribution in [1.82, 2.24) is 0 Å². The highest BCUT2D eigenvalue weighted by Crippen LogP contribution is 2.32. The van der Waals surface area contributed by atoms with Crippen LogP contribution in [0.4, 0.5) is 4.39 Å². The highest BCUT2D eigenvalue weighted by atomic mass is 19.1. The van der Waals surface area contributed by atoms with Crippen LogP contribution in [0.25, 0.3) is 0 Å². The standard InChI is InChI=1S/C12H15FO3/c1-2-8(3-6-12(15)16)10-7-9(13)4-5-11(10)14/h4-5,7-8,14H,2-3,6H2,1H3,(H,15,16). The van der Waals surface area contributed by atoms with Crippen molar-refractivity contribution in [3.05, 3.63) is 29.6 Å². The van der Waals surface area contributed by atoms with Crippen molar-refractivity contribution in [2.24, 2.45) is 0 Å². The zero-order chi connectivity index (χ0) is 12.1. The van der Waals surface area contributed by atoms with Crippen LogP contribution >= 0.6 is 0 Å². The SMILES string of the molecule is CCC(CCC(=O)O)c1cc(F)ccc1O. The van der Waals surface area contributed by atoms with Crippen LogP contribution in [0.5, 0.6) is 5.75 Å². The van der Waals surface area contributed by atoms with Gasteiger partial charge in [0.1, 0.15) is 11.6 Å². The quantitative estimate of drug-likeness (QED) is 0.811. The second-order valence-electron chi connectivity index (χ2n) is 3.74. The number of phenols is 1. The summed E-state index contributed by atoms with van der Waals surface area (Å²) in [6, 6.07) is 3.75. The van der Waals surface area contributed by atoms with Crippen LogP contribution in [0.3, 0.4) is 0 Å². The third kappa shape index (κ3) is 3.22. The fourth-order valence-electron chi connectivity index (χ4n) is 1.73. The van der Waals surface area contributed by atoms with E-state index >= 15 is 0 Å². The summed E-state index contributed by atoms with van der Waals surface area (Å²) in [5.41, 5.74) is 0.490. The molecule has 0 heterocycles. The molecule has 0 bridgehead atoms. The Kier molecular flexibility index (Phi) is 4.28. The molecule has 0 radical (unpaired) electrons. The number of carboxylic acids is 1. The highest BCUT2D eigenvalue weighted by molar-refractivity contribution is 5.66. The van der Waals surface area contributed by atoms with E-state index in [2.05, 4.69) is 0 Å². The van der Waals surface area contributed by atoms with Gasteiger partial charge in [0.25, 0.3) is 0 Å². The van der Waals surface area contributed by atoms with Gasteiger partial charge in [-0.2, -0.15) is 0 Å². The van der Waals surface area contributed by atoms with Gasteiger partial charge in [-0.05, 0) is 42.5 Å². The molecule has 0 spiro atoms. The average molecular weight is 226 g/mol. The Balaban J connectivity index is 2.85. The van der Waals surface area contributed by atoms with Crippen molar-refractivity contribution in [1.29, 1.82) is 0 Å². The number of rotatable bonds is 5. The van der Waals surface area contributed by atoms with E-state index in [1.54, 1.807) is 0 Å². The number of halogens is 1. The van der Waals surface area contributed by atoms with Crippen LogP contribution in [0.2, 0.25) is 0 Å². The Bertz CT molecular complexity index is 377. The van der Waals surface area contributed by atoms with E-state index in [4.69, 9.17) is 5.11 Å². The number of aliphatic carboxylic acids is 1. The molecule has 0 amide bonds. The number of hydrogen-bond acceptors (Lipinski definition) is 2. The normalized spacial score (nSPS) is 12.4. The zero-order valence-electron chi connectivity index (χ0n) is 9.11. The molecule has 1 aromatic carbocycles. The third-order valence-electron chi connectivity index (χ3n) is 2.63. The van der Waals surface area contributed by atoms with E-state index in [0.29, 0.717) is 18.4 Å². The van der Waals surface area contributed by atoms with Crippen LogP contribution in [-0.2, 0) is 4.79 Å². The molecule has 1 unspecified atom stereocenters. The van der Waals surface area contributed by atoms with Crippen molar-refractivity contribution in [3.63, 3.8) is 0 Å². The smallest absolute Gasteiger partial charge is 0.303 e. The van der Waals surface area contributed by atoms with Gasteiger partial charge in [0.05, 0.1) is 0 Å². The topological polar surface area (TPSA) is 57.5 Å². The summed E-state index contributed by atoms with van der Waals surface area (Å²) in [6.45, 7) is 1.89. The van der Waals surface area contributed by atoms with Crippen molar-refractivity contribution in [2.75, 3.05) is 0 Å². The number of benzene rings is 1. The van der Waals surface area contributed by atoms with Gasteiger partial charge in [0.2, 0.25) is 0 Å². The zero-order valence-corrected chi connectivity index (χ0v) is 9.11. The molecule has 0 aliphatic carbocycles. The van der Waals surface area contributed by atoms with E-state index in [-0.39, 0.29) is 18.1 Å². The second kappa shape index (κ2) is 5.49. The molecule has 1 aromatic rings. The lowest BCUT2D eigenvalue weighted by molar-refractivity contribution is -0.137. The Hall–Kier alpha value is -1.58. The van der Waals surface area contributed by atoms with Gasteiger partial charge in [0, 0.05) is 6.42 Å². The van der Waals surface area contributed by atoms with Gasteiger partial charge in [0.15, 0.2) is 0 Å². The summed E-state index contributed by atoms with van der Waals surface area (Å²) in [7, 11) is 0. The summed E-state index contributed by atoms with van der Waals surface area (Å²) in [5.74, 6) is -1.39. The maximum absolute atomic E-state index is 13.0. The van der Waals surface area contributed by atoms with Gasteiger partial charge < -0.3 is 10.2 Å². The second-order valence-corrected chi connectivity index (χ2v) is 3.74. The molecule has 88 valence electrons. The molecular formula is C12H15FO3. The van der Waals surface area contributed by atoms with Crippen molar-refractivity contribution >= 4 is 5.97 Å². The van der Waals surface area contributed by atoms with Crippen molar-refractivity contribution in [3.8, 4) is 5.75 Å². The monoisotopic (exact) mass is 226 g/mol. The summed E-state index contributed by atoms with van der Waals surface area (Å²) >= 11 is 0. The summed E-state index contributed by atoms with van der Waals surface area (Å²) in [5, 5.41) is 18.2. The molecule has 0 saturated carbocycles. The molecule has 3 nitrogen and oxygen atoms in total. The van der Waals surface area contributed by atoms with E-state index in [1.807, 2.05) is 6.92 Å². The number of carboxylic acid groups (broad SMARTS) is 1. The largest absolute Gasteiger partial charge is 0.508 e. The molecule has 0 saturated heterocycles. The fourth-order valence-corrected chi connectivity index (χ4v) is 1.73. The predicted molar refractivity (Wildman–Crippen MR) is 58.0 cm³/mol. The maximum atomic E-state index is 13.0. The molecule has 2 N–H and O–H groups in total. The molecule has 0 aliphatic rings. The minimum atomic E-state index is -0.880. The first-order chi connectivity index (χ1) is 7.54. The summed E-state index contributed by atoms with van der Waals surface area (Å²) < 4.78 is 13.0. The number of hydrogen-bond donors (Lipinski definition) is 2. The lowest BCUT2D eigenvalue weighted by atomic mass is 9.91. The van der Waals surface area contributed by atoms with E-state index < -0.39 is 11.8 Å².